The second-order valence-corrected chi connectivity index (χ2v) is 15.4. The lowest BCUT2D eigenvalue weighted by Crippen LogP contribution is -2.66. The van der Waals surface area contributed by atoms with Crippen LogP contribution in [0.25, 0.3) is 0 Å². The van der Waals surface area contributed by atoms with Crippen molar-refractivity contribution < 1.29 is 24.5 Å². The fraction of sp³-hybridized carbons (Fsp3) is 0.879. The Hall–Kier alpha value is -1.20. The third-order valence-electron chi connectivity index (χ3n) is 13.8. The van der Waals surface area contributed by atoms with Gasteiger partial charge >= 0.3 is 5.97 Å². The lowest BCUT2D eigenvalue weighted by molar-refractivity contribution is -0.236. The number of aliphatic hydroxyl groups excluding tert-OH is 2. The maximum atomic E-state index is 13.8. The summed E-state index contributed by atoms with van der Waals surface area (Å²) in [6.45, 7) is 18.0. The van der Waals surface area contributed by atoms with Crippen molar-refractivity contribution in [2.24, 2.45) is 56.7 Å². The number of fused-ring (bicyclic) bond motifs is 7. The van der Waals surface area contributed by atoms with E-state index in [4.69, 9.17) is 4.74 Å². The number of aliphatic hydroxyl groups is 2. The van der Waals surface area contributed by atoms with Gasteiger partial charge in [0.25, 0.3) is 0 Å². The first-order valence-electron chi connectivity index (χ1n) is 15.3. The van der Waals surface area contributed by atoms with Gasteiger partial charge in [-0.3, -0.25) is 9.59 Å². The SMILES string of the molecule is C=C(C)[C@@H]1CC[C@]2(C(=O)OCC(O)CO)CC[C@]3(C)C(CCC4[C@@]5(C)CCC(=O)C(C)(C)C5CC[C@]43C)C12. The lowest BCUT2D eigenvalue weighted by atomic mass is 9.32. The van der Waals surface area contributed by atoms with Gasteiger partial charge in [0.1, 0.15) is 18.5 Å². The van der Waals surface area contributed by atoms with Gasteiger partial charge in [-0.15, -0.1) is 0 Å². The van der Waals surface area contributed by atoms with Crippen molar-refractivity contribution in [1.82, 2.24) is 0 Å². The molecular formula is C33H52O5. The van der Waals surface area contributed by atoms with Gasteiger partial charge in [0, 0.05) is 11.8 Å². The topological polar surface area (TPSA) is 83.8 Å². The first-order valence-corrected chi connectivity index (χ1v) is 15.3. The molecule has 5 nitrogen and oxygen atoms in total. The summed E-state index contributed by atoms with van der Waals surface area (Å²) in [5.41, 5.74) is 0.880. The van der Waals surface area contributed by atoms with E-state index in [0.717, 1.165) is 51.4 Å². The lowest BCUT2D eigenvalue weighted by Gasteiger charge is -2.72. The predicted octanol–water partition coefficient (Wildman–Crippen LogP) is 6.11. The highest BCUT2D eigenvalue weighted by molar-refractivity contribution is 5.85. The number of ether oxygens (including phenoxy) is 1. The fourth-order valence-electron chi connectivity index (χ4n) is 11.7. The number of ketones is 1. The van der Waals surface area contributed by atoms with Crippen molar-refractivity contribution >= 4 is 11.8 Å². The zero-order chi connectivity index (χ0) is 27.9. The van der Waals surface area contributed by atoms with Gasteiger partial charge in [-0.25, -0.2) is 0 Å². The Morgan fingerprint density at radius 2 is 1.68 bits per heavy atom. The first kappa shape index (κ1) is 28.3. The van der Waals surface area contributed by atoms with Crippen LogP contribution in [0.1, 0.15) is 106 Å². The Balaban J connectivity index is 1.51. The number of carbonyl (C=O) groups excluding carboxylic acids is 2. The van der Waals surface area contributed by atoms with E-state index in [1.807, 2.05) is 0 Å². The smallest absolute Gasteiger partial charge is 0.312 e. The molecule has 0 spiro atoms. The molecule has 0 amide bonds. The van der Waals surface area contributed by atoms with Gasteiger partial charge in [0.2, 0.25) is 0 Å². The minimum atomic E-state index is -1.03. The standard InChI is InChI=1S/C33H52O5/c1-20(2)22-10-15-33(28(37)38-19-21(35)18-34)17-16-31(6)23(27(22)33)8-9-25-30(5)13-12-26(36)29(3,4)24(30)11-14-32(25,31)7/h21-25,27,34-35H,1,8-19H2,2-7H3/t21?,22-,23?,24?,25?,27?,30-,31+,32+,33-/m0/s1. The summed E-state index contributed by atoms with van der Waals surface area (Å²) >= 11 is 0. The van der Waals surface area contributed by atoms with E-state index < -0.39 is 18.1 Å². The molecule has 0 aliphatic heterocycles. The molecule has 5 aliphatic carbocycles. The molecule has 5 unspecified atom stereocenters. The van der Waals surface area contributed by atoms with Crippen LogP contribution in [-0.4, -0.2) is 41.3 Å². The van der Waals surface area contributed by atoms with Gasteiger partial charge in [-0.1, -0.05) is 46.8 Å². The Bertz CT molecular complexity index is 1000. The third-order valence-corrected chi connectivity index (χ3v) is 13.8. The van der Waals surface area contributed by atoms with Crippen LogP contribution < -0.4 is 0 Å². The van der Waals surface area contributed by atoms with Gasteiger partial charge in [-0.2, -0.15) is 0 Å². The van der Waals surface area contributed by atoms with Crippen LogP contribution in [0.15, 0.2) is 12.2 Å². The van der Waals surface area contributed by atoms with Gasteiger partial charge < -0.3 is 14.9 Å². The summed E-state index contributed by atoms with van der Waals surface area (Å²) in [5, 5.41) is 19.1. The number of rotatable bonds is 5. The Kier molecular flexibility index (Phi) is 6.83. The summed E-state index contributed by atoms with van der Waals surface area (Å²) in [4.78, 5) is 26.8. The van der Waals surface area contributed by atoms with Crippen LogP contribution in [0.3, 0.4) is 0 Å². The number of carbonyl (C=O) groups is 2. The predicted molar refractivity (Wildman–Crippen MR) is 148 cm³/mol. The average Bonchev–Trinajstić information content (AvgIpc) is 3.26. The number of esters is 1. The van der Waals surface area contributed by atoms with Gasteiger partial charge in [-0.05, 0) is 111 Å². The summed E-state index contributed by atoms with van der Waals surface area (Å²) < 4.78 is 5.72. The third kappa shape index (κ3) is 3.62. The van der Waals surface area contributed by atoms with Crippen LogP contribution >= 0.6 is 0 Å². The Labute approximate surface area is 230 Å². The van der Waals surface area contributed by atoms with Crippen molar-refractivity contribution in [2.75, 3.05) is 13.2 Å². The van der Waals surface area contributed by atoms with Gasteiger partial charge in [0.15, 0.2) is 0 Å². The van der Waals surface area contributed by atoms with E-state index in [1.165, 1.54) is 12.0 Å². The van der Waals surface area contributed by atoms with Crippen molar-refractivity contribution in [1.29, 1.82) is 0 Å². The zero-order valence-electron chi connectivity index (χ0n) is 24.8. The van der Waals surface area contributed by atoms with E-state index in [1.54, 1.807) is 0 Å². The Morgan fingerprint density at radius 1 is 0.974 bits per heavy atom. The van der Waals surface area contributed by atoms with Crippen LogP contribution in [-0.2, 0) is 14.3 Å². The quantitative estimate of drug-likeness (QED) is 0.332. The molecule has 5 aliphatic rings. The van der Waals surface area contributed by atoms with Gasteiger partial charge in [0.05, 0.1) is 12.0 Å². The van der Waals surface area contributed by atoms with Crippen LogP contribution in [0.4, 0.5) is 0 Å². The molecule has 214 valence electrons. The molecule has 0 bridgehead atoms. The zero-order valence-corrected chi connectivity index (χ0v) is 24.8. The summed E-state index contributed by atoms with van der Waals surface area (Å²) in [6, 6.07) is 0. The molecule has 38 heavy (non-hydrogen) atoms. The van der Waals surface area contributed by atoms with Crippen LogP contribution in [0.2, 0.25) is 0 Å². The Morgan fingerprint density at radius 3 is 2.34 bits per heavy atom. The molecule has 0 aromatic heterocycles. The molecule has 5 heteroatoms. The molecule has 5 saturated carbocycles. The van der Waals surface area contributed by atoms with Crippen molar-refractivity contribution in [3.8, 4) is 0 Å². The summed E-state index contributed by atoms with van der Waals surface area (Å²) in [6.07, 6.45) is 8.91. The van der Waals surface area contributed by atoms with E-state index in [2.05, 4.69) is 48.1 Å². The van der Waals surface area contributed by atoms with Crippen LogP contribution in [0, 0.1) is 56.7 Å². The fourth-order valence-corrected chi connectivity index (χ4v) is 11.7. The number of allylic oxidation sites excluding steroid dienone is 1. The van der Waals surface area contributed by atoms with Crippen LogP contribution in [0.5, 0.6) is 0 Å². The second kappa shape index (κ2) is 9.16. The second-order valence-electron chi connectivity index (χ2n) is 15.4. The highest BCUT2D eigenvalue weighted by atomic mass is 16.5. The number of hydrogen-bond donors (Lipinski definition) is 2. The number of hydrogen-bond acceptors (Lipinski definition) is 5. The highest BCUT2D eigenvalue weighted by Crippen LogP contribution is 2.77. The van der Waals surface area contributed by atoms with Crippen molar-refractivity contribution in [3.05, 3.63) is 12.2 Å². The van der Waals surface area contributed by atoms with E-state index >= 15 is 0 Å². The monoisotopic (exact) mass is 528 g/mol. The van der Waals surface area contributed by atoms with Crippen molar-refractivity contribution in [3.63, 3.8) is 0 Å². The average molecular weight is 529 g/mol. The van der Waals surface area contributed by atoms with E-state index in [0.29, 0.717) is 35.9 Å². The molecule has 0 heterocycles. The molecule has 0 aromatic rings. The molecule has 10 atom stereocenters. The minimum Gasteiger partial charge on any atom is -0.462 e. The number of Topliss-reactive ketones (excluding diaryl/α,β-unsaturated/α-hetero) is 1. The summed E-state index contributed by atoms with van der Waals surface area (Å²) in [5.74, 6) is 2.27. The van der Waals surface area contributed by atoms with E-state index in [9.17, 15) is 19.8 Å². The van der Waals surface area contributed by atoms with Crippen molar-refractivity contribution in [2.45, 2.75) is 112 Å². The first-order chi connectivity index (χ1) is 17.7. The minimum absolute atomic E-state index is 0.118. The molecule has 0 saturated heterocycles. The molecule has 0 radical (unpaired) electrons. The molecule has 0 aromatic carbocycles. The maximum absolute atomic E-state index is 13.8. The maximum Gasteiger partial charge on any atom is 0.312 e. The van der Waals surface area contributed by atoms with E-state index in [-0.39, 0.29) is 40.2 Å². The highest BCUT2D eigenvalue weighted by Gasteiger charge is 2.72. The molecule has 5 rings (SSSR count). The molecule has 2 N–H and O–H groups in total. The molecular weight excluding hydrogens is 476 g/mol. The normalized spacial score (nSPS) is 48.2. The molecule has 5 fully saturated rings. The largest absolute Gasteiger partial charge is 0.462 e. The summed E-state index contributed by atoms with van der Waals surface area (Å²) in [7, 11) is 0.